The number of likely N-dealkylation sites (tertiary alicyclic amines) is 1. The lowest BCUT2D eigenvalue weighted by molar-refractivity contribution is -0.222. The monoisotopic (exact) mass is 257 g/mol. The van der Waals surface area contributed by atoms with Crippen LogP contribution in [-0.2, 0) is 11.3 Å². The molecule has 0 saturated carbocycles. The van der Waals surface area contributed by atoms with Gasteiger partial charge in [-0.3, -0.25) is 4.79 Å². The van der Waals surface area contributed by atoms with Crippen LogP contribution in [0.15, 0.2) is 30.3 Å². The van der Waals surface area contributed by atoms with Crippen LogP contribution in [0, 0.1) is 0 Å². The molecule has 1 aliphatic rings. The first kappa shape index (κ1) is 12.9. The number of benzene rings is 1. The van der Waals surface area contributed by atoms with E-state index in [4.69, 9.17) is 5.11 Å². The van der Waals surface area contributed by atoms with E-state index in [1.165, 1.54) is 0 Å². The summed E-state index contributed by atoms with van der Waals surface area (Å²) < 4.78 is 26.6. The molecule has 1 saturated heterocycles. The highest BCUT2D eigenvalue weighted by atomic mass is 19.3. The second kappa shape index (κ2) is 4.62. The molecule has 1 fully saturated rings. The molecule has 0 radical (unpaired) electrons. The van der Waals surface area contributed by atoms with Crippen molar-refractivity contribution in [3.8, 4) is 0 Å². The molecule has 1 amide bonds. The highest BCUT2D eigenvalue weighted by molar-refractivity contribution is 5.91. The molecule has 0 bridgehead atoms. The van der Waals surface area contributed by atoms with Crippen LogP contribution in [0.3, 0.4) is 0 Å². The van der Waals surface area contributed by atoms with Gasteiger partial charge in [-0.1, -0.05) is 30.3 Å². The van der Waals surface area contributed by atoms with E-state index in [-0.39, 0.29) is 6.54 Å². The standard InChI is InChI=1S/C12H13F2NO3/c13-12(14)10(9(17)7-16)15(11(12)18)6-8-4-2-1-3-5-8/h1-5,9-10,16-17H,6-7H2/t9-,10+/m1/s1. The molecule has 18 heavy (non-hydrogen) atoms. The Kier molecular flexibility index (Phi) is 3.32. The van der Waals surface area contributed by atoms with E-state index in [9.17, 15) is 18.7 Å². The van der Waals surface area contributed by atoms with Gasteiger partial charge in [0.1, 0.15) is 12.1 Å². The molecule has 0 spiro atoms. The Bertz CT molecular complexity index is 438. The fourth-order valence-electron chi connectivity index (χ4n) is 2.07. The van der Waals surface area contributed by atoms with Crippen LogP contribution in [0.2, 0.25) is 0 Å². The summed E-state index contributed by atoms with van der Waals surface area (Å²) in [6.45, 7) is -0.810. The number of nitrogens with zero attached hydrogens (tertiary/aromatic N) is 1. The summed E-state index contributed by atoms with van der Waals surface area (Å²) in [4.78, 5) is 12.2. The van der Waals surface area contributed by atoms with Gasteiger partial charge in [0.05, 0.1) is 6.61 Å². The molecule has 4 nitrogen and oxygen atoms in total. The number of aliphatic hydroxyl groups excluding tert-OH is 2. The van der Waals surface area contributed by atoms with E-state index in [1.54, 1.807) is 30.3 Å². The zero-order valence-corrected chi connectivity index (χ0v) is 9.46. The molecule has 1 aromatic carbocycles. The Hall–Kier alpha value is -1.53. The minimum atomic E-state index is -3.60. The summed E-state index contributed by atoms with van der Waals surface area (Å²) in [5.74, 6) is -4.92. The number of amides is 1. The lowest BCUT2D eigenvalue weighted by atomic mass is 9.91. The molecule has 0 aromatic heterocycles. The third kappa shape index (κ3) is 1.97. The maximum Gasteiger partial charge on any atom is 0.347 e. The summed E-state index contributed by atoms with van der Waals surface area (Å²) in [5.41, 5.74) is 0.691. The summed E-state index contributed by atoms with van der Waals surface area (Å²) >= 11 is 0. The second-order valence-corrected chi connectivity index (χ2v) is 4.24. The van der Waals surface area contributed by atoms with Gasteiger partial charge >= 0.3 is 5.92 Å². The Morgan fingerprint density at radius 1 is 1.33 bits per heavy atom. The van der Waals surface area contributed by atoms with E-state index >= 15 is 0 Å². The Morgan fingerprint density at radius 3 is 2.50 bits per heavy atom. The van der Waals surface area contributed by atoms with Crippen molar-refractivity contribution in [1.82, 2.24) is 4.90 Å². The third-order valence-electron chi connectivity index (χ3n) is 3.00. The fraction of sp³-hybridized carbons (Fsp3) is 0.417. The van der Waals surface area contributed by atoms with Crippen molar-refractivity contribution in [2.24, 2.45) is 0 Å². The topological polar surface area (TPSA) is 60.8 Å². The first-order chi connectivity index (χ1) is 8.48. The minimum absolute atomic E-state index is 0.00299. The number of aliphatic hydroxyl groups is 2. The van der Waals surface area contributed by atoms with Crippen LogP contribution in [-0.4, -0.2) is 45.7 Å². The van der Waals surface area contributed by atoms with Crippen molar-refractivity contribution in [2.45, 2.75) is 24.6 Å². The lowest BCUT2D eigenvalue weighted by Crippen LogP contribution is -2.73. The fourth-order valence-corrected chi connectivity index (χ4v) is 2.07. The first-order valence-corrected chi connectivity index (χ1v) is 5.50. The zero-order valence-electron chi connectivity index (χ0n) is 9.46. The average Bonchev–Trinajstić information content (AvgIpc) is 2.38. The van der Waals surface area contributed by atoms with Crippen molar-refractivity contribution in [1.29, 1.82) is 0 Å². The molecule has 1 heterocycles. The van der Waals surface area contributed by atoms with Gasteiger partial charge < -0.3 is 15.1 Å². The second-order valence-electron chi connectivity index (χ2n) is 4.24. The van der Waals surface area contributed by atoms with E-state index < -0.39 is 30.6 Å². The Balaban J connectivity index is 2.15. The lowest BCUT2D eigenvalue weighted by Gasteiger charge is -2.48. The molecule has 0 unspecified atom stereocenters. The number of rotatable bonds is 4. The molecular weight excluding hydrogens is 244 g/mol. The number of β-lactam (4-membered cyclic amide) rings is 1. The summed E-state index contributed by atoms with van der Waals surface area (Å²) in [6.07, 6.45) is -1.64. The van der Waals surface area contributed by atoms with Crippen LogP contribution < -0.4 is 0 Å². The zero-order chi connectivity index (χ0) is 13.3. The molecule has 1 aromatic rings. The predicted molar refractivity (Wildman–Crippen MR) is 58.8 cm³/mol. The maximum absolute atomic E-state index is 13.3. The van der Waals surface area contributed by atoms with Crippen molar-refractivity contribution < 1.29 is 23.8 Å². The van der Waals surface area contributed by atoms with Crippen molar-refractivity contribution in [3.63, 3.8) is 0 Å². The van der Waals surface area contributed by atoms with E-state index in [1.807, 2.05) is 0 Å². The molecule has 1 aliphatic heterocycles. The van der Waals surface area contributed by atoms with Crippen molar-refractivity contribution >= 4 is 5.91 Å². The van der Waals surface area contributed by atoms with Gasteiger partial charge in [-0.15, -0.1) is 0 Å². The van der Waals surface area contributed by atoms with Gasteiger partial charge in [0.15, 0.2) is 0 Å². The summed E-state index contributed by atoms with van der Waals surface area (Å²) in [5, 5.41) is 18.1. The van der Waals surface area contributed by atoms with Gasteiger partial charge in [0.25, 0.3) is 5.91 Å². The predicted octanol–water partition coefficient (Wildman–Crippen LogP) is 0.386. The Labute approximate surface area is 102 Å². The molecule has 6 heteroatoms. The maximum atomic E-state index is 13.3. The van der Waals surface area contributed by atoms with E-state index in [0.717, 1.165) is 4.90 Å². The number of alkyl halides is 2. The van der Waals surface area contributed by atoms with Crippen LogP contribution in [0.1, 0.15) is 5.56 Å². The van der Waals surface area contributed by atoms with E-state index in [0.29, 0.717) is 5.56 Å². The SMILES string of the molecule is O=C1N(Cc2ccccc2)[C@@H]([C@H](O)CO)C1(F)F. The molecule has 2 N–H and O–H groups in total. The van der Waals surface area contributed by atoms with Crippen LogP contribution >= 0.6 is 0 Å². The number of carbonyl (C=O) groups excluding carboxylic acids is 1. The van der Waals surface area contributed by atoms with Crippen LogP contribution in [0.4, 0.5) is 8.78 Å². The smallest absolute Gasteiger partial charge is 0.347 e. The van der Waals surface area contributed by atoms with Gasteiger partial charge in [-0.05, 0) is 5.56 Å². The molecular formula is C12H13F2NO3. The largest absolute Gasteiger partial charge is 0.394 e. The van der Waals surface area contributed by atoms with Crippen molar-refractivity contribution in [2.75, 3.05) is 6.61 Å². The molecule has 2 rings (SSSR count). The third-order valence-corrected chi connectivity index (χ3v) is 3.00. The van der Waals surface area contributed by atoms with Gasteiger partial charge in [-0.2, -0.15) is 8.78 Å². The number of hydrogen-bond donors (Lipinski definition) is 2. The molecule has 98 valence electrons. The molecule has 0 aliphatic carbocycles. The average molecular weight is 257 g/mol. The minimum Gasteiger partial charge on any atom is -0.394 e. The highest BCUT2D eigenvalue weighted by Gasteiger charge is 2.65. The summed E-state index contributed by atoms with van der Waals surface area (Å²) in [6, 6.07) is 6.98. The van der Waals surface area contributed by atoms with Gasteiger partial charge in [0, 0.05) is 6.54 Å². The summed E-state index contributed by atoms with van der Waals surface area (Å²) in [7, 11) is 0. The first-order valence-electron chi connectivity index (χ1n) is 5.50. The number of carbonyl (C=O) groups is 1. The van der Waals surface area contributed by atoms with Gasteiger partial charge in [0.2, 0.25) is 0 Å². The van der Waals surface area contributed by atoms with Crippen LogP contribution in [0.5, 0.6) is 0 Å². The normalized spacial score (nSPS) is 23.7. The number of halogens is 2. The van der Waals surface area contributed by atoms with E-state index in [2.05, 4.69) is 0 Å². The molecule has 2 atom stereocenters. The highest BCUT2D eigenvalue weighted by Crippen LogP contribution is 2.39. The van der Waals surface area contributed by atoms with Crippen LogP contribution in [0.25, 0.3) is 0 Å². The van der Waals surface area contributed by atoms with Crippen molar-refractivity contribution in [3.05, 3.63) is 35.9 Å². The number of hydrogen-bond acceptors (Lipinski definition) is 3. The van der Waals surface area contributed by atoms with Gasteiger partial charge in [-0.25, -0.2) is 0 Å². The Morgan fingerprint density at radius 2 is 1.94 bits per heavy atom. The quantitative estimate of drug-likeness (QED) is 0.767.